The minimum Gasteiger partial charge on any atom is -0.813 e. The molecule has 0 bridgehead atoms. The Morgan fingerprint density at radius 2 is 2.06 bits per heavy atom. The molecule has 0 radical (unpaired) electrons. The minimum absolute atomic E-state index is 0. The van der Waals surface area contributed by atoms with E-state index in [0.717, 1.165) is 17.7 Å². The van der Waals surface area contributed by atoms with Crippen molar-refractivity contribution in [3.8, 4) is 0 Å². The number of hydrogen-bond donors (Lipinski definition) is 0. The van der Waals surface area contributed by atoms with Crippen molar-refractivity contribution in [2.75, 3.05) is 0 Å². The summed E-state index contributed by atoms with van der Waals surface area (Å²) >= 11 is 0. The van der Waals surface area contributed by atoms with E-state index in [-0.39, 0.29) is 32.4 Å². The van der Waals surface area contributed by atoms with Crippen LogP contribution in [0.5, 0.6) is 0 Å². The SMILES string of the molecule is C[C-]1C=CN2C(=N1)C=NN=C2C(C)C.[Li+].[SH-]. The standard InChI is InChI=1S/C10H13N4.Li.H2S/c1-7(2)10-13-11-6-9-12-8(3)4-5-14(9)10;;/h4-7H,1-3H3;;1H2/q-1;+1;/p-1. The summed E-state index contributed by atoms with van der Waals surface area (Å²) < 4.78 is 0. The summed E-state index contributed by atoms with van der Waals surface area (Å²) in [5, 5.41) is 8.05. The van der Waals surface area contributed by atoms with E-state index in [9.17, 15) is 0 Å². The summed E-state index contributed by atoms with van der Waals surface area (Å²) in [6.45, 7) is 6.15. The molecule has 0 aromatic heterocycles. The topological polar surface area (TPSA) is 40.3 Å². The molecular weight excluding hydrogens is 215 g/mol. The molecule has 2 aliphatic rings. The Balaban J connectivity index is 0.00000112. The van der Waals surface area contributed by atoms with Crippen LogP contribution in [0.3, 0.4) is 0 Å². The quantitative estimate of drug-likeness (QED) is 0.239. The Bertz CT molecular complexity index is 360. The predicted octanol–water partition coefficient (Wildman–Crippen LogP) is -1.45. The molecule has 0 unspecified atom stereocenters. The molecule has 0 saturated heterocycles. The van der Waals surface area contributed by atoms with Crippen molar-refractivity contribution in [1.29, 1.82) is 0 Å². The fraction of sp³-hybridized carbons (Fsp3) is 0.400. The largest absolute Gasteiger partial charge is 1.00 e. The number of fused-ring (bicyclic) bond motifs is 1. The minimum atomic E-state index is 0. The molecule has 0 N–H and O–H groups in total. The van der Waals surface area contributed by atoms with Gasteiger partial charge in [-0.05, 0) is 0 Å². The first-order valence-electron chi connectivity index (χ1n) is 4.69. The van der Waals surface area contributed by atoms with Gasteiger partial charge >= 0.3 is 18.9 Å². The maximum Gasteiger partial charge on any atom is 1.00 e. The van der Waals surface area contributed by atoms with Crippen LogP contribution in [0, 0.1) is 12.0 Å². The zero-order valence-electron chi connectivity index (χ0n) is 10.0. The van der Waals surface area contributed by atoms with Gasteiger partial charge in [0.1, 0.15) is 5.84 Å². The maximum absolute atomic E-state index is 4.38. The first-order valence-corrected chi connectivity index (χ1v) is 4.69. The second-order valence-electron chi connectivity index (χ2n) is 3.65. The molecule has 0 atom stereocenters. The van der Waals surface area contributed by atoms with Gasteiger partial charge < -0.3 is 23.4 Å². The van der Waals surface area contributed by atoms with Crippen LogP contribution < -0.4 is 18.9 Å². The second-order valence-corrected chi connectivity index (χ2v) is 3.65. The summed E-state index contributed by atoms with van der Waals surface area (Å²) in [5.74, 6) is 2.14. The van der Waals surface area contributed by atoms with Crippen molar-refractivity contribution < 1.29 is 18.9 Å². The van der Waals surface area contributed by atoms with Crippen molar-refractivity contribution in [2.24, 2.45) is 21.1 Å². The van der Waals surface area contributed by atoms with Gasteiger partial charge in [0.05, 0.1) is 0 Å². The monoisotopic (exact) mass is 229 g/mol. The molecule has 16 heavy (non-hydrogen) atoms. The van der Waals surface area contributed by atoms with E-state index in [4.69, 9.17) is 0 Å². The van der Waals surface area contributed by atoms with Gasteiger partial charge in [-0.1, -0.05) is 33.0 Å². The summed E-state index contributed by atoms with van der Waals surface area (Å²) in [6.07, 6.45) is 5.64. The van der Waals surface area contributed by atoms with Gasteiger partial charge in [-0.2, -0.15) is 5.10 Å². The number of hydrogen-bond acceptors (Lipinski definition) is 5. The Hall–Kier alpha value is -0.633. The average Bonchev–Trinajstić information content (AvgIpc) is 2.16. The molecular formula is C10H14LiN4S-. The molecule has 0 aromatic carbocycles. The van der Waals surface area contributed by atoms with Crippen LogP contribution in [0.1, 0.15) is 20.8 Å². The van der Waals surface area contributed by atoms with E-state index >= 15 is 0 Å². The third-order valence-electron chi connectivity index (χ3n) is 2.10. The number of amidine groups is 2. The van der Waals surface area contributed by atoms with Gasteiger partial charge in [0.2, 0.25) is 0 Å². The Morgan fingerprint density at radius 3 is 2.69 bits per heavy atom. The average molecular weight is 229 g/mol. The summed E-state index contributed by atoms with van der Waals surface area (Å²) in [7, 11) is 0. The van der Waals surface area contributed by atoms with Crippen molar-refractivity contribution in [2.45, 2.75) is 20.8 Å². The van der Waals surface area contributed by atoms with Crippen LogP contribution in [0.4, 0.5) is 0 Å². The smallest absolute Gasteiger partial charge is 0.813 e. The maximum atomic E-state index is 4.38. The van der Waals surface area contributed by atoms with Gasteiger partial charge in [0.15, 0.2) is 0 Å². The van der Waals surface area contributed by atoms with Gasteiger partial charge in [-0.25, -0.2) is 0 Å². The van der Waals surface area contributed by atoms with Crippen LogP contribution in [0.2, 0.25) is 0 Å². The molecule has 82 valence electrons. The second kappa shape index (κ2) is 6.19. The molecule has 0 aliphatic carbocycles. The van der Waals surface area contributed by atoms with E-state index < -0.39 is 0 Å². The van der Waals surface area contributed by atoms with Crippen molar-refractivity contribution in [1.82, 2.24) is 4.90 Å². The van der Waals surface area contributed by atoms with Gasteiger partial charge in [-0.3, -0.25) is 0 Å². The Morgan fingerprint density at radius 1 is 1.38 bits per heavy atom. The van der Waals surface area contributed by atoms with E-state index in [0.29, 0.717) is 5.92 Å². The van der Waals surface area contributed by atoms with Gasteiger partial charge in [0, 0.05) is 18.0 Å². The van der Waals surface area contributed by atoms with Crippen LogP contribution in [0.15, 0.2) is 27.5 Å². The first-order chi connectivity index (χ1) is 6.68. The third kappa shape index (κ3) is 2.94. The van der Waals surface area contributed by atoms with E-state index in [1.165, 1.54) is 0 Å². The normalized spacial score (nSPS) is 17.2. The Kier molecular flexibility index (Phi) is 5.94. The summed E-state index contributed by atoms with van der Waals surface area (Å²) in [4.78, 5) is 6.36. The number of thiol groups is 1. The molecule has 2 aliphatic heterocycles. The molecule has 0 spiro atoms. The summed E-state index contributed by atoms with van der Waals surface area (Å²) in [5.41, 5.74) is 0. The number of nitrogens with zero attached hydrogens (tertiary/aromatic N) is 4. The molecule has 0 fully saturated rings. The zero-order valence-corrected chi connectivity index (χ0v) is 10.9. The molecule has 0 saturated carbocycles. The molecule has 2 rings (SSSR count). The molecule has 4 nitrogen and oxygen atoms in total. The van der Waals surface area contributed by atoms with E-state index in [2.05, 4.69) is 29.0 Å². The van der Waals surface area contributed by atoms with Crippen LogP contribution >= 0.6 is 0 Å². The summed E-state index contributed by atoms with van der Waals surface area (Å²) in [6, 6.07) is 0.993. The van der Waals surface area contributed by atoms with Crippen LogP contribution in [0.25, 0.3) is 0 Å². The van der Waals surface area contributed by atoms with Crippen molar-refractivity contribution >= 4 is 31.4 Å². The number of aliphatic imine (C=N–C) groups is 1. The fourth-order valence-corrected chi connectivity index (χ4v) is 1.40. The molecule has 0 aromatic rings. The van der Waals surface area contributed by atoms with Gasteiger partial charge in [-0.15, -0.1) is 11.2 Å². The third-order valence-corrected chi connectivity index (χ3v) is 2.10. The zero-order chi connectivity index (χ0) is 10.1. The fourth-order valence-electron chi connectivity index (χ4n) is 1.40. The van der Waals surface area contributed by atoms with E-state index in [1.807, 2.05) is 24.1 Å². The Labute approximate surface area is 115 Å². The van der Waals surface area contributed by atoms with Crippen LogP contribution in [-0.2, 0) is 13.5 Å². The first kappa shape index (κ1) is 15.4. The van der Waals surface area contributed by atoms with Crippen LogP contribution in [-0.4, -0.2) is 22.8 Å². The van der Waals surface area contributed by atoms with Crippen molar-refractivity contribution in [3.05, 3.63) is 18.3 Å². The van der Waals surface area contributed by atoms with E-state index in [1.54, 1.807) is 6.21 Å². The molecule has 6 heteroatoms. The molecule has 0 amide bonds. The van der Waals surface area contributed by atoms with Gasteiger partial charge in [0.25, 0.3) is 0 Å². The van der Waals surface area contributed by atoms with Crippen molar-refractivity contribution in [3.63, 3.8) is 0 Å². The molecule has 2 heterocycles. The predicted molar refractivity (Wildman–Crippen MR) is 66.9 cm³/mol. The number of rotatable bonds is 1.